The highest BCUT2D eigenvalue weighted by Crippen LogP contribution is 2.24. The number of hydrogen-bond donors (Lipinski definition) is 2. The number of aliphatic hydroxyl groups excluding tert-OH is 1. The number of rotatable bonds is 2. The Kier molecular flexibility index (Phi) is 4.19. The molecule has 1 fully saturated rings. The minimum Gasteiger partial charge on any atom is -0.392 e. The molecule has 3 rings (SSSR count). The Hall–Kier alpha value is -0.860. The van der Waals surface area contributed by atoms with Crippen LogP contribution in [0.3, 0.4) is 0 Å². The highest BCUT2D eigenvalue weighted by molar-refractivity contribution is 5.30. The first-order valence-corrected chi connectivity index (χ1v) is 7.84. The molecule has 0 aliphatic heterocycles. The summed E-state index contributed by atoms with van der Waals surface area (Å²) in [7, 11) is 0. The maximum Gasteiger partial charge on any atom is 0.0693 e. The zero-order valence-electron chi connectivity index (χ0n) is 11.6. The topological polar surface area (TPSA) is 32.3 Å². The van der Waals surface area contributed by atoms with Gasteiger partial charge < -0.3 is 10.4 Å². The van der Waals surface area contributed by atoms with Gasteiger partial charge in [0.25, 0.3) is 0 Å². The van der Waals surface area contributed by atoms with Crippen molar-refractivity contribution in [2.45, 2.75) is 69.6 Å². The van der Waals surface area contributed by atoms with Crippen molar-refractivity contribution in [3.8, 4) is 0 Å². The normalized spacial score (nSPS) is 31.5. The van der Waals surface area contributed by atoms with Crippen LogP contribution in [0.15, 0.2) is 24.3 Å². The monoisotopic (exact) mass is 259 g/mol. The number of benzene rings is 1. The van der Waals surface area contributed by atoms with Gasteiger partial charge in [-0.1, -0.05) is 43.5 Å². The zero-order chi connectivity index (χ0) is 13.1. The van der Waals surface area contributed by atoms with E-state index in [0.29, 0.717) is 12.1 Å². The molecule has 0 spiro atoms. The van der Waals surface area contributed by atoms with Gasteiger partial charge >= 0.3 is 0 Å². The van der Waals surface area contributed by atoms with Gasteiger partial charge in [-0.2, -0.15) is 0 Å². The summed E-state index contributed by atoms with van der Waals surface area (Å²) in [5.74, 6) is 0. The second-order valence-electron chi connectivity index (χ2n) is 6.19. The summed E-state index contributed by atoms with van der Waals surface area (Å²) in [5, 5.41) is 14.0. The molecule has 2 nitrogen and oxygen atoms in total. The lowest BCUT2D eigenvalue weighted by atomic mass is 9.87. The molecule has 2 aliphatic rings. The predicted octanol–water partition coefficient (Wildman–Crippen LogP) is 2.83. The van der Waals surface area contributed by atoms with E-state index < -0.39 is 0 Å². The van der Waals surface area contributed by atoms with E-state index in [1.807, 2.05) is 0 Å². The molecule has 0 bridgehead atoms. The Labute approximate surface area is 116 Å². The van der Waals surface area contributed by atoms with Crippen LogP contribution in [0.4, 0.5) is 0 Å². The maximum absolute atomic E-state index is 10.2. The van der Waals surface area contributed by atoms with Crippen molar-refractivity contribution in [1.29, 1.82) is 0 Å². The van der Waals surface area contributed by atoms with Crippen molar-refractivity contribution < 1.29 is 5.11 Å². The molecular formula is C17H25NO. The predicted molar refractivity (Wildman–Crippen MR) is 78.3 cm³/mol. The standard InChI is InChI=1S/C17H25NO/c19-17-9-3-1-2-8-16(17)18-15-11-10-13-6-4-5-7-14(13)12-15/h4-7,15-19H,1-3,8-12H2. The van der Waals surface area contributed by atoms with Crippen molar-refractivity contribution in [2.75, 3.05) is 0 Å². The van der Waals surface area contributed by atoms with Crippen LogP contribution >= 0.6 is 0 Å². The summed E-state index contributed by atoms with van der Waals surface area (Å²) in [6.45, 7) is 0. The Balaban J connectivity index is 1.62. The smallest absolute Gasteiger partial charge is 0.0693 e. The molecule has 1 saturated carbocycles. The van der Waals surface area contributed by atoms with E-state index in [4.69, 9.17) is 0 Å². The highest BCUT2D eigenvalue weighted by atomic mass is 16.3. The SMILES string of the molecule is OC1CCCCCC1NC1CCc2ccccc2C1. The molecular weight excluding hydrogens is 234 g/mol. The Morgan fingerprint density at radius 3 is 2.63 bits per heavy atom. The van der Waals surface area contributed by atoms with E-state index in [1.54, 1.807) is 0 Å². The summed E-state index contributed by atoms with van der Waals surface area (Å²) in [6.07, 6.45) is 9.21. The molecule has 0 heterocycles. The third-order valence-electron chi connectivity index (χ3n) is 4.78. The van der Waals surface area contributed by atoms with E-state index in [0.717, 1.165) is 19.3 Å². The Morgan fingerprint density at radius 2 is 1.74 bits per heavy atom. The average Bonchev–Trinajstić information content (AvgIpc) is 2.64. The lowest BCUT2D eigenvalue weighted by Gasteiger charge is -2.31. The molecule has 2 heteroatoms. The highest BCUT2D eigenvalue weighted by Gasteiger charge is 2.26. The lowest BCUT2D eigenvalue weighted by Crippen LogP contribution is -2.47. The Bertz CT molecular complexity index is 417. The summed E-state index contributed by atoms with van der Waals surface area (Å²) in [4.78, 5) is 0. The molecule has 0 saturated heterocycles. The second-order valence-corrected chi connectivity index (χ2v) is 6.19. The van der Waals surface area contributed by atoms with Crippen LogP contribution < -0.4 is 5.32 Å². The van der Waals surface area contributed by atoms with Gasteiger partial charge in [0.1, 0.15) is 0 Å². The molecule has 0 amide bonds. The molecule has 19 heavy (non-hydrogen) atoms. The van der Waals surface area contributed by atoms with Gasteiger partial charge in [0.2, 0.25) is 0 Å². The number of hydrogen-bond acceptors (Lipinski definition) is 2. The molecule has 1 aromatic carbocycles. The van der Waals surface area contributed by atoms with E-state index in [9.17, 15) is 5.11 Å². The van der Waals surface area contributed by atoms with Gasteiger partial charge in [0.05, 0.1) is 6.10 Å². The summed E-state index contributed by atoms with van der Waals surface area (Å²) >= 11 is 0. The fourth-order valence-corrected chi connectivity index (χ4v) is 3.63. The third kappa shape index (κ3) is 3.18. The number of aliphatic hydroxyl groups is 1. The first-order chi connectivity index (χ1) is 9.33. The Morgan fingerprint density at radius 1 is 0.947 bits per heavy atom. The van der Waals surface area contributed by atoms with Crippen LogP contribution in [-0.2, 0) is 12.8 Å². The summed E-state index contributed by atoms with van der Waals surface area (Å²) < 4.78 is 0. The van der Waals surface area contributed by atoms with Crippen molar-refractivity contribution >= 4 is 0 Å². The van der Waals surface area contributed by atoms with E-state index in [-0.39, 0.29) is 6.10 Å². The van der Waals surface area contributed by atoms with Crippen LogP contribution in [0.2, 0.25) is 0 Å². The molecule has 0 aromatic heterocycles. The average molecular weight is 259 g/mol. The molecule has 0 radical (unpaired) electrons. The zero-order valence-corrected chi connectivity index (χ0v) is 11.6. The van der Waals surface area contributed by atoms with Gasteiger partial charge in [-0.15, -0.1) is 0 Å². The second kappa shape index (κ2) is 6.06. The maximum atomic E-state index is 10.2. The number of aryl methyl sites for hydroxylation is 1. The number of fused-ring (bicyclic) bond motifs is 1. The first kappa shape index (κ1) is 13.1. The fourth-order valence-electron chi connectivity index (χ4n) is 3.63. The van der Waals surface area contributed by atoms with Crippen LogP contribution in [0.25, 0.3) is 0 Å². The summed E-state index contributed by atoms with van der Waals surface area (Å²) in [5.41, 5.74) is 3.01. The van der Waals surface area contributed by atoms with E-state index in [2.05, 4.69) is 29.6 Å². The van der Waals surface area contributed by atoms with Gasteiger partial charge in [-0.25, -0.2) is 0 Å². The molecule has 3 unspecified atom stereocenters. The van der Waals surface area contributed by atoms with Crippen molar-refractivity contribution in [3.63, 3.8) is 0 Å². The molecule has 2 N–H and O–H groups in total. The third-order valence-corrected chi connectivity index (χ3v) is 4.78. The molecule has 104 valence electrons. The first-order valence-electron chi connectivity index (χ1n) is 7.84. The van der Waals surface area contributed by atoms with Crippen LogP contribution in [0.5, 0.6) is 0 Å². The number of nitrogens with one attached hydrogen (secondary N) is 1. The minimum atomic E-state index is -0.139. The van der Waals surface area contributed by atoms with Gasteiger partial charge in [0, 0.05) is 12.1 Å². The minimum absolute atomic E-state index is 0.139. The molecule has 2 aliphatic carbocycles. The van der Waals surface area contributed by atoms with Crippen molar-refractivity contribution in [2.24, 2.45) is 0 Å². The largest absolute Gasteiger partial charge is 0.392 e. The van der Waals surface area contributed by atoms with Gasteiger partial charge in [-0.3, -0.25) is 0 Å². The molecule has 1 aromatic rings. The van der Waals surface area contributed by atoms with Crippen LogP contribution in [-0.4, -0.2) is 23.3 Å². The van der Waals surface area contributed by atoms with Crippen molar-refractivity contribution in [1.82, 2.24) is 5.32 Å². The quantitative estimate of drug-likeness (QED) is 0.801. The van der Waals surface area contributed by atoms with Crippen LogP contribution in [0.1, 0.15) is 49.7 Å². The van der Waals surface area contributed by atoms with Crippen LogP contribution in [0, 0.1) is 0 Å². The van der Waals surface area contributed by atoms with E-state index in [1.165, 1.54) is 43.2 Å². The van der Waals surface area contributed by atoms with Gasteiger partial charge in [-0.05, 0) is 43.2 Å². The lowest BCUT2D eigenvalue weighted by molar-refractivity contribution is 0.112. The van der Waals surface area contributed by atoms with E-state index >= 15 is 0 Å². The van der Waals surface area contributed by atoms with Gasteiger partial charge in [0.15, 0.2) is 0 Å². The fraction of sp³-hybridized carbons (Fsp3) is 0.647. The summed E-state index contributed by atoms with van der Waals surface area (Å²) in [6, 6.07) is 9.66. The van der Waals surface area contributed by atoms with Crippen molar-refractivity contribution in [3.05, 3.63) is 35.4 Å². The molecule has 3 atom stereocenters.